The molecule has 0 radical (unpaired) electrons. The van der Waals surface area contributed by atoms with Gasteiger partial charge in [0.05, 0.1) is 6.10 Å². The summed E-state index contributed by atoms with van der Waals surface area (Å²) >= 11 is 1.24. The van der Waals surface area contributed by atoms with E-state index >= 15 is 0 Å². The Balaban J connectivity index is 2.23. The van der Waals surface area contributed by atoms with Crippen LogP contribution in [-0.4, -0.2) is 43.3 Å². The lowest BCUT2D eigenvalue weighted by Gasteiger charge is -2.09. The zero-order valence-corrected chi connectivity index (χ0v) is 11.9. The molecule has 0 saturated carbocycles. The second-order valence-corrected chi connectivity index (χ2v) is 4.88. The Hall–Kier alpha value is -1.90. The summed E-state index contributed by atoms with van der Waals surface area (Å²) in [5.41, 5.74) is 0. The molecular weight excluding hydrogens is 266 g/mol. The molecule has 0 aliphatic rings. The molecule has 2 N–H and O–H groups in total. The molecule has 2 rings (SSSR count). The SMILES string of the molecule is CNc1nc(OC(C)C)nc(Sc2n[nH]c(C)n2)n1. The van der Waals surface area contributed by atoms with Crippen LogP contribution >= 0.6 is 11.8 Å². The molecule has 8 nitrogen and oxygen atoms in total. The predicted octanol–water partition coefficient (Wildman–Crippen LogP) is 1.28. The van der Waals surface area contributed by atoms with Gasteiger partial charge in [0.2, 0.25) is 16.3 Å². The van der Waals surface area contributed by atoms with Gasteiger partial charge in [-0.05, 0) is 32.5 Å². The normalized spacial score (nSPS) is 10.8. The second kappa shape index (κ2) is 5.83. The van der Waals surface area contributed by atoms with Crippen LogP contribution in [0.25, 0.3) is 0 Å². The second-order valence-electron chi connectivity index (χ2n) is 3.95. The lowest BCUT2D eigenvalue weighted by molar-refractivity contribution is 0.219. The molecular formula is C10H15N7OS. The molecule has 0 aliphatic heterocycles. The summed E-state index contributed by atoms with van der Waals surface area (Å²) in [6, 6.07) is 0.282. The van der Waals surface area contributed by atoms with Gasteiger partial charge in [-0.1, -0.05) is 0 Å². The van der Waals surface area contributed by atoms with Crippen LogP contribution in [0.1, 0.15) is 19.7 Å². The van der Waals surface area contributed by atoms with Crippen LogP contribution in [0, 0.1) is 6.92 Å². The van der Waals surface area contributed by atoms with E-state index in [0.29, 0.717) is 16.3 Å². The number of H-pyrrole nitrogens is 1. The Kier molecular flexibility index (Phi) is 4.15. The van der Waals surface area contributed by atoms with Crippen LogP contribution in [-0.2, 0) is 0 Å². The van der Waals surface area contributed by atoms with Crippen LogP contribution < -0.4 is 10.1 Å². The molecule has 2 aromatic rings. The molecule has 0 aliphatic carbocycles. The number of aromatic amines is 1. The third-order valence-corrected chi connectivity index (χ3v) is 2.65. The van der Waals surface area contributed by atoms with Gasteiger partial charge in [0.1, 0.15) is 5.82 Å². The molecule has 0 spiro atoms. The summed E-state index contributed by atoms with van der Waals surface area (Å²) in [7, 11) is 1.74. The Labute approximate surface area is 114 Å². The average Bonchev–Trinajstić information content (AvgIpc) is 2.73. The van der Waals surface area contributed by atoms with Crippen LogP contribution in [0.2, 0.25) is 0 Å². The molecule has 9 heteroatoms. The largest absolute Gasteiger partial charge is 0.461 e. The molecule has 0 aromatic carbocycles. The highest BCUT2D eigenvalue weighted by atomic mass is 32.2. The quantitative estimate of drug-likeness (QED) is 0.845. The number of anilines is 1. The minimum atomic E-state index is -0.00397. The number of hydrogen-bond acceptors (Lipinski definition) is 8. The highest BCUT2D eigenvalue weighted by Gasteiger charge is 2.11. The predicted molar refractivity (Wildman–Crippen MR) is 70.4 cm³/mol. The van der Waals surface area contributed by atoms with E-state index < -0.39 is 0 Å². The Morgan fingerprint density at radius 3 is 2.53 bits per heavy atom. The van der Waals surface area contributed by atoms with Gasteiger partial charge < -0.3 is 10.1 Å². The van der Waals surface area contributed by atoms with Crippen LogP contribution in [0.3, 0.4) is 0 Å². The lowest BCUT2D eigenvalue weighted by atomic mass is 10.5. The fraction of sp³-hybridized carbons (Fsp3) is 0.500. The number of nitrogens with zero attached hydrogens (tertiary/aromatic N) is 5. The molecule has 0 bridgehead atoms. The molecule has 102 valence electrons. The zero-order chi connectivity index (χ0) is 13.8. The molecule has 19 heavy (non-hydrogen) atoms. The van der Waals surface area contributed by atoms with Crippen molar-refractivity contribution in [3.8, 4) is 6.01 Å². The summed E-state index contributed by atoms with van der Waals surface area (Å²) in [5, 5.41) is 10.7. The number of hydrogen-bond donors (Lipinski definition) is 2. The standard InChI is InChI=1S/C10H15N7OS/c1-5(2)18-8-13-7(11-4)14-9(15-8)19-10-12-6(3)16-17-10/h5H,1-4H3,(H,12,16,17)(H,11,13,14,15). The highest BCUT2D eigenvalue weighted by Crippen LogP contribution is 2.23. The first kappa shape index (κ1) is 13.5. The monoisotopic (exact) mass is 281 g/mol. The lowest BCUT2D eigenvalue weighted by Crippen LogP contribution is -2.11. The molecule has 2 aromatic heterocycles. The van der Waals surface area contributed by atoms with Crippen molar-refractivity contribution in [2.24, 2.45) is 0 Å². The van der Waals surface area contributed by atoms with Gasteiger partial charge in [-0.15, -0.1) is 5.10 Å². The number of aryl methyl sites for hydroxylation is 1. The van der Waals surface area contributed by atoms with Crippen molar-refractivity contribution in [3.05, 3.63) is 5.82 Å². The average molecular weight is 281 g/mol. The van der Waals surface area contributed by atoms with Gasteiger partial charge in [-0.2, -0.15) is 15.0 Å². The van der Waals surface area contributed by atoms with Gasteiger partial charge in [-0.3, -0.25) is 5.10 Å². The maximum atomic E-state index is 5.48. The number of aromatic nitrogens is 6. The van der Waals surface area contributed by atoms with Crippen molar-refractivity contribution < 1.29 is 4.74 Å². The fourth-order valence-corrected chi connectivity index (χ4v) is 1.90. The molecule has 2 heterocycles. The van der Waals surface area contributed by atoms with E-state index in [2.05, 4.69) is 35.5 Å². The van der Waals surface area contributed by atoms with Crippen molar-refractivity contribution >= 4 is 17.7 Å². The van der Waals surface area contributed by atoms with Crippen LogP contribution in [0.15, 0.2) is 10.3 Å². The first-order chi connectivity index (χ1) is 9.06. The third kappa shape index (κ3) is 3.78. The maximum Gasteiger partial charge on any atom is 0.322 e. The Morgan fingerprint density at radius 2 is 1.95 bits per heavy atom. The Bertz CT molecular complexity index is 557. The minimum Gasteiger partial charge on any atom is -0.461 e. The van der Waals surface area contributed by atoms with Gasteiger partial charge in [0.25, 0.3) is 0 Å². The molecule has 0 amide bonds. The number of nitrogens with one attached hydrogen (secondary N) is 2. The first-order valence-electron chi connectivity index (χ1n) is 5.74. The summed E-state index contributed by atoms with van der Waals surface area (Å²) in [4.78, 5) is 16.7. The number of ether oxygens (including phenoxy) is 1. The highest BCUT2D eigenvalue weighted by molar-refractivity contribution is 7.99. The molecule has 0 unspecified atom stereocenters. The summed E-state index contributed by atoms with van der Waals surface area (Å²) in [5.74, 6) is 1.18. The molecule has 0 saturated heterocycles. The van der Waals surface area contributed by atoms with E-state index in [1.165, 1.54) is 11.8 Å². The molecule has 0 fully saturated rings. The van der Waals surface area contributed by atoms with E-state index in [9.17, 15) is 0 Å². The summed E-state index contributed by atoms with van der Waals surface area (Å²) in [6.07, 6.45) is -0.00397. The van der Waals surface area contributed by atoms with E-state index in [0.717, 1.165) is 5.82 Å². The van der Waals surface area contributed by atoms with Crippen molar-refractivity contribution in [1.82, 2.24) is 30.1 Å². The van der Waals surface area contributed by atoms with Gasteiger partial charge >= 0.3 is 6.01 Å². The zero-order valence-electron chi connectivity index (χ0n) is 11.1. The van der Waals surface area contributed by atoms with Gasteiger partial charge in [0.15, 0.2) is 0 Å². The van der Waals surface area contributed by atoms with Crippen molar-refractivity contribution in [2.45, 2.75) is 37.2 Å². The van der Waals surface area contributed by atoms with Crippen molar-refractivity contribution in [2.75, 3.05) is 12.4 Å². The van der Waals surface area contributed by atoms with Crippen molar-refractivity contribution in [1.29, 1.82) is 0 Å². The fourth-order valence-electron chi connectivity index (χ4n) is 1.21. The first-order valence-corrected chi connectivity index (χ1v) is 6.56. The van der Waals surface area contributed by atoms with Crippen LogP contribution in [0.4, 0.5) is 5.95 Å². The Morgan fingerprint density at radius 1 is 1.16 bits per heavy atom. The molecule has 0 atom stereocenters. The summed E-state index contributed by atoms with van der Waals surface area (Å²) in [6.45, 7) is 5.65. The third-order valence-electron chi connectivity index (χ3n) is 1.92. The van der Waals surface area contributed by atoms with E-state index in [1.807, 2.05) is 20.8 Å². The minimum absolute atomic E-state index is 0.00397. The topological polar surface area (TPSA) is 102 Å². The summed E-state index contributed by atoms with van der Waals surface area (Å²) < 4.78 is 5.48. The van der Waals surface area contributed by atoms with E-state index in [1.54, 1.807) is 7.05 Å². The van der Waals surface area contributed by atoms with E-state index in [-0.39, 0.29) is 12.1 Å². The van der Waals surface area contributed by atoms with Crippen LogP contribution in [0.5, 0.6) is 6.01 Å². The smallest absolute Gasteiger partial charge is 0.322 e. The van der Waals surface area contributed by atoms with Gasteiger partial charge in [-0.25, -0.2) is 4.98 Å². The maximum absolute atomic E-state index is 5.48. The van der Waals surface area contributed by atoms with Crippen molar-refractivity contribution in [3.63, 3.8) is 0 Å². The van der Waals surface area contributed by atoms with Gasteiger partial charge in [0, 0.05) is 7.05 Å². The van der Waals surface area contributed by atoms with E-state index in [4.69, 9.17) is 4.74 Å². The number of rotatable bonds is 5.